The van der Waals surface area contributed by atoms with Crippen LogP contribution in [0.2, 0.25) is 0 Å². The molecule has 2 rings (SSSR count). The van der Waals surface area contributed by atoms with E-state index in [1.165, 1.54) is 0 Å². The van der Waals surface area contributed by atoms with Gasteiger partial charge in [-0.25, -0.2) is 0 Å². The molecule has 0 bridgehead atoms. The molecule has 0 saturated carbocycles. The third-order valence-electron chi connectivity index (χ3n) is 2.98. The third-order valence-corrected chi connectivity index (χ3v) is 2.98. The number of aromatic nitrogens is 1. The van der Waals surface area contributed by atoms with Gasteiger partial charge in [-0.1, -0.05) is 13.0 Å². The van der Waals surface area contributed by atoms with Gasteiger partial charge >= 0.3 is 0 Å². The minimum Gasteiger partial charge on any atom is -0.463 e. The van der Waals surface area contributed by atoms with Crippen molar-refractivity contribution in [1.82, 2.24) is 9.88 Å². The lowest BCUT2D eigenvalue weighted by Crippen LogP contribution is -2.21. The van der Waals surface area contributed by atoms with Gasteiger partial charge in [0, 0.05) is 11.8 Å². The Hall–Kier alpha value is -1.81. The van der Waals surface area contributed by atoms with Crippen molar-refractivity contribution in [2.24, 2.45) is 0 Å². The van der Waals surface area contributed by atoms with E-state index >= 15 is 0 Å². The SMILES string of the molecule is CCCNCc1ccc(Cn2cccc(C)c2=O)o1. The predicted octanol–water partition coefficient (Wildman–Crippen LogP) is 2.30. The van der Waals surface area contributed by atoms with E-state index < -0.39 is 0 Å². The van der Waals surface area contributed by atoms with Crippen molar-refractivity contribution in [2.75, 3.05) is 6.54 Å². The van der Waals surface area contributed by atoms with E-state index in [0.717, 1.165) is 36.6 Å². The lowest BCUT2D eigenvalue weighted by molar-refractivity contribution is 0.435. The summed E-state index contributed by atoms with van der Waals surface area (Å²) in [7, 11) is 0. The van der Waals surface area contributed by atoms with Gasteiger partial charge in [0.05, 0.1) is 13.1 Å². The van der Waals surface area contributed by atoms with Gasteiger partial charge < -0.3 is 14.3 Å². The van der Waals surface area contributed by atoms with E-state index in [9.17, 15) is 4.79 Å². The maximum Gasteiger partial charge on any atom is 0.253 e. The van der Waals surface area contributed by atoms with Crippen LogP contribution in [0.1, 0.15) is 30.4 Å². The second-order valence-corrected chi connectivity index (χ2v) is 4.67. The Balaban J connectivity index is 2.03. The van der Waals surface area contributed by atoms with Crippen LogP contribution in [0.3, 0.4) is 0 Å². The fraction of sp³-hybridized carbons (Fsp3) is 0.400. The fourth-order valence-electron chi connectivity index (χ4n) is 1.94. The van der Waals surface area contributed by atoms with Crippen molar-refractivity contribution in [3.63, 3.8) is 0 Å². The summed E-state index contributed by atoms with van der Waals surface area (Å²) >= 11 is 0. The molecule has 0 radical (unpaired) electrons. The van der Waals surface area contributed by atoms with Crippen LogP contribution in [-0.2, 0) is 13.1 Å². The molecule has 2 aromatic rings. The summed E-state index contributed by atoms with van der Waals surface area (Å²) in [5.74, 6) is 1.71. The smallest absolute Gasteiger partial charge is 0.253 e. The number of nitrogens with zero attached hydrogens (tertiary/aromatic N) is 1. The number of furan rings is 1. The van der Waals surface area contributed by atoms with E-state index in [4.69, 9.17) is 4.42 Å². The molecular weight excluding hydrogens is 240 g/mol. The highest BCUT2D eigenvalue weighted by Crippen LogP contribution is 2.09. The lowest BCUT2D eigenvalue weighted by atomic mass is 10.3. The number of hydrogen-bond donors (Lipinski definition) is 1. The minimum atomic E-state index is 0.0320. The summed E-state index contributed by atoms with van der Waals surface area (Å²) in [5, 5.41) is 3.29. The Morgan fingerprint density at radius 2 is 2.05 bits per heavy atom. The van der Waals surface area contributed by atoms with Crippen LogP contribution in [-0.4, -0.2) is 11.1 Å². The molecule has 0 spiro atoms. The van der Waals surface area contributed by atoms with Crippen LogP contribution < -0.4 is 10.9 Å². The first-order valence-corrected chi connectivity index (χ1v) is 6.65. The molecule has 0 unspecified atom stereocenters. The van der Waals surface area contributed by atoms with Crippen LogP contribution >= 0.6 is 0 Å². The van der Waals surface area contributed by atoms with Crippen molar-refractivity contribution in [3.05, 3.63) is 57.9 Å². The zero-order valence-electron chi connectivity index (χ0n) is 11.5. The Morgan fingerprint density at radius 3 is 2.84 bits per heavy atom. The quantitative estimate of drug-likeness (QED) is 0.811. The Bertz CT molecular complexity index is 584. The molecule has 19 heavy (non-hydrogen) atoms. The van der Waals surface area contributed by atoms with Crippen molar-refractivity contribution in [3.8, 4) is 0 Å². The molecule has 4 nitrogen and oxygen atoms in total. The number of hydrogen-bond acceptors (Lipinski definition) is 3. The van der Waals surface area contributed by atoms with Gasteiger partial charge in [-0.3, -0.25) is 4.79 Å². The number of rotatable bonds is 6. The summed E-state index contributed by atoms with van der Waals surface area (Å²) in [6.45, 7) is 6.14. The molecule has 0 saturated heterocycles. The minimum absolute atomic E-state index is 0.0320. The highest BCUT2D eigenvalue weighted by Gasteiger charge is 2.04. The summed E-state index contributed by atoms with van der Waals surface area (Å²) in [6, 6.07) is 7.58. The van der Waals surface area contributed by atoms with Crippen LogP contribution in [0.5, 0.6) is 0 Å². The maximum atomic E-state index is 11.9. The van der Waals surface area contributed by atoms with Crippen LogP contribution in [0, 0.1) is 6.92 Å². The Morgan fingerprint density at radius 1 is 1.26 bits per heavy atom. The third kappa shape index (κ3) is 3.58. The van der Waals surface area contributed by atoms with Gasteiger partial charge in [-0.05, 0) is 38.1 Å². The van der Waals surface area contributed by atoms with Gasteiger partial charge in [0.25, 0.3) is 5.56 Å². The van der Waals surface area contributed by atoms with Gasteiger partial charge in [-0.2, -0.15) is 0 Å². The van der Waals surface area contributed by atoms with E-state index in [2.05, 4.69) is 12.2 Å². The largest absolute Gasteiger partial charge is 0.463 e. The van der Waals surface area contributed by atoms with E-state index in [1.54, 1.807) is 10.8 Å². The number of nitrogens with one attached hydrogen (secondary N) is 1. The molecule has 0 aliphatic heterocycles. The predicted molar refractivity (Wildman–Crippen MR) is 75.2 cm³/mol. The first-order chi connectivity index (χ1) is 9.20. The lowest BCUT2D eigenvalue weighted by Gasteiger charge is -2.04. The number of pyridine rings is 1. The van der Waals surface area contributed by atoms with Crippen molar-refractivity contribution >= 4 is 0 Å². The standard InChI is InChI=1S/C15H20N2O2/c1-3-8-16-10-13-6-7-14(19-13)11-17-9-4-5-12(2)15(17)18/h4-7,9,16H,3,8,10-11H2,1-2H3. The van der Waals surface area contributed by atoms with Gasteiger partial charge in [0.2, 0.25) is 0 Å². The zero-order chi connectivity index (χ0) is 13.7. The van der Waals surface area contributed by atoms with Crippen LogP contribution in [0.15, 0.2) is 39.7 Å². The van der Waals surface area contributed by atoms with Crippen LogP contribution in [0.4, 0.5) is 0 Å². The molecule has 0 fully saturated rings. The topological polar surface area (TPSA) is 47.2 Å². The molecule has 0 aromatic carbocycles. The summed E-state index contributed by atoms with van der Waals surface area (Å²) in [5.41, 5.74) is 0.781. The monoisotopic (exact) mass is 260 g/mol. The maximum absolute atomic E-state index is 11.9. The highest BCUT2D eigenvalue weighted by atomic mass is 16.3. The second kappa shape index (κ2) is 6.38. The molecule has 0 amide bonds. The highest BCUT2D eigenvalue weighted by molar-refractivity contribution is 5.11. The van der Waals surface area contributed by atoms with E-state index in [1.807, 2.05) is 31.2 Å². The summed E-state index contributed by atoms with van der Waals surface area (Å²) in [4.78, 5) is 11.9. The Kier molecular flexibility index (Phi) is 4.58. The molecule has 0 aliphatic rings. The zero-order valence-corrected chi connectivity index (χ0v) is 11.5. The van der Waals surface area contributed by atoms with Crippen molar-refractivity contribution < 1.29 is 4.42 Å². The Labute approximate surface area is 113 Å². The van der Waals surface area contributed by atoms with Gasteiger partial charge in [0.1, 0.15) is 11.5 Å². The van der Waals surface area contributed by atoms with Crippen LogP contribution in [0.25, 0.3) is 0 Å². The fourth-order valence-corrected chi connectivity index (χ4v) is 1.94. The van der Waals surface area contributed by atoms with E-state index in [0.29, 0.717) is 6.54 Å². The summed E-state index contributed by atoms with van der Waals surface area (Å²) < 4.78 is 7.37. The molecule has 2 aromatic heterocycles. The summed E-state index contributed by atoms with van der Waals surface area (Å²) in [6.07, 6.45) is 2.89. The first kappa shape index (κ1) is 13.6. The molecule has 4 heteroatoms. The second-order valence-electron chi connectivity index (χ2n) is 4.67. The van der Waals surface area contributed by atoms with Crippen molar-refractivity contribution in [2.45, 2.75) is 33.4 Å². The average Bonchev–Trinajstić information content (AvgIpc) is 2.83. The number of aryl methyl sites for hydroxylation is 1. The van der Waals surface area contributed by atoms with Gasteiger partial charge in [-0.15, -0.1) is 0 Å². The molecule has 0 aliphatic carbocycles. The molecule has 102 valence electrons. The molecular formula is C15H20N2O2. The van der Waals surface area contributed by atoms with Crippen molar-refractivity contribution in [1.29, 1.82) is 0 Å². The van der Waals surface area contributed by atoms with Gasteiger partial charge in [0.15, 0.2) is 0 Å². The van der Waals surface area contributed by atoms with E-state index in [-0.39, 0.29) is 5.56 Å². The normalized spacial score (nSPS) is 10.8. The molecule has 1 N–H and O–H groups in total. The molecule has 0 atom stereocenters. The molecule has 2 heterocycles. The average molecular weight is 260 g/mol. The first-order valence-electron chi connectivity index (χ1n) is 6.65.